The highest BCUT2D eigenvalue weighted by Gasteiger charge is 2.36. The minimum atomic E-state index is -0.621. The Morgan fingerprint density at radius 3 is 2.45 bits per heavy atom. The van der Waals surface area contributed by atoms with Crippen molar-refractivity contribution < 1.29 is 19.1 Å². The van der Waals surface area contributed by atoms with Gasteiger partial charge in [0.25, 0.3) is 11.1 Å². The lowest BCUT2D eigenvalue weighted by Crippen LogP contribution is -2.34. The summed E-state index contributed by atoms with van der Waals surface area (Å²) in [6, 6.07) is 7.80. The SMILES string of the molecule is COC(=O)CN1C(=O)S/C(=C/c2ccc(C(C)C)cc2)C1=O. The van der Waals surface area contributed by atoms with Crippen LogP contribution in [-0.2, 0) is 14.3 Å². The summed E-state index contributed by atoms with van der Waals surface area (Å²) in [5, 5.41) is -0.458. The first kappa shape index (κ1) is 16.3. The summed E-state index contributed by atoms with van der Waals surface area (Å²) < 4.78 is 4.48. The third kappa shape index (κ3) is 3.57. The third-order valence-corrected chi connectivity index (χ3v) is 4.20. The fourth-order valence-corrected chi connectivity index (χ4v) is 2.80. The van der Waals surface area contributed by atoms with Crippen molar-refractivity contribution in [1.29, 1.82) is 0 Å². The first-order chi connectivity index (χ1) is 10.4. The molecule has 2 amide bonds. The lowest BCUT2D eigenvalue weighted by atomic mass is 10.0. The molecule has 0 saturated carbocycles. The van der Waals surface area contributed by atoms with Crippen molar-refractivity contribution in [3.63, 3.8) is 0 Å². The van der Waals surface area contributed by atoms with Crippen molar-refractivity contribution in [3.8, 4) is 0 Å². The van der Waals surface area contributed by atoms with Gasteiger partial charge in [-0.05, 0) is 34.9 Å². The maximum Gasteiger partial charge on any atom is 0.325 e. The van der Waals surface area contributed by atoms with E-state index >= 15 is 0 Å². The van der Waals surface area contributed by atoms with Crippen LogP contribution in [0.4, 0.5) is 4.79 Å². The molecular weight excluding hydrogens is 302 g/mol. The van der Waals surface area contributed by atoms with Crippen molar-refractivity contribution in [2.75, 3.05) is 13.7 Å². The van der Waals surface area contributed by atoms with Gasteiger partial charge in [0.05, 0.1) is 12.0 Å². The molecule has 0 unspecified atom stereocenters. The first-order valence-electron chi connectivity index (χ1n) is 6.84. The second-order valence-electron chi connectivity index (χ2n) is 5.17. The van der Waals surface area contributed by atoms with Crippen LogP contribution in [0, 0.1) is 0 Å². The maximum atomic E-state index is 12.2. The number of ether oxygens (including phenoxy) is 1. The summed E-state index contributed by atoms with van der Waals surface area (Å²) in [6.07, 6.45) is 1.66. The predicted molar refractivity (Wildman–Crippen MR) is 85.2 cm³/mol. The highest BCUT2D eigenvalue weighted by molar-refractivity contribution is 8.18. The van der Waals surface area contributed by atoms with Crippen LogP contribution in [0.3, 0.4) is 0 Å². The Labute approximate surface area is 133 Å². The van der Waals surface area contributed by atoms with Crippen LogP contribution >= 0.6 is 11.8 Å². The van der Waals surface area contributed by atoms with E-state index in [2.05, 4.69) is 18.6 Å². The largest absolute Gasteiger partial charge is 0.468 e. The predicted octanol–water partition coefficient (Wildman–Crippen LogP) is 3.02. The Bertz CT molecular complexity index is 634. The van der Waals surface area contributed by atoms with Gasteiger partial charge in [-0.1, -0.05) is 38.1 Å². The number of hydrogen-bond acceptors (Lipinski definition) is 5. The standard InChI is InChI=1S/C16H17NO4S/c1-10(2)12-6-4-11(5-7-12)8-13-15(19)17(16(20)22-13)9-14(18)21-3/h4-8,10H,9H2,1-3H3/b13-8+. The zero-order chi connectivity index (χ0) is 16.3. The van der Waals surface area contributed by atoms with Crippen LogP contribution in [0.1, 0.15) is 30.9 Å². The molecule has 5 nitrogen and oxygen atoms in total. The molecule has 1 aliphatic heterocycles. The van der Waals surface area contributed by atoms with Gasteiger partial charge in [0.2, 0.25) is 0 Å². The van der Waals surface area contributed by atoms with E-state index in [1.165, 1.54) is 12.7 Å². The quantitative estimate of drug-likeness (QED) is 0.630. The molecule has 0 aliphatic carbocycles. The number of imide groups is 1. The fraction of sp³-hybridized carbons (Fsp3) is 0.312. The van der Waals surface area contributed by atoms with Gasteiger partial charge in [0, 0.05) is 0 Å². The number of nitrogens with zero attached hydrogens (tertiary/aromatic N) is 1. The number of esters is 1. The van der Waals surface area contributed by atoms with Gasteiger partial charge in [-0.25, -0.2) is 0 Å². The molecule has 2 rings (SSSR count). The molecule has 0 N–H and O–H groups in total. The normalized spacial score (nSPS) is 16.7. The molecule has 6 heteroatoms. The van der Waals surface area contributed by atoms with Crippen molar-refractivity contribution in [3.05, 3.63) is 40.3 Å². The Hall–Kier alpha value is -2.08. The summed E-state index contributed by atoms with van der Waals surface area (Å²) in [5.41, 5.74) is 2.05. The molecule has 1 heterocycles. The monoisotopic (exact) mass is 319 g/mol. The van der Waals surface area contributed by atoms with Crippen LogP contribution in [0.2, 0.25) is 0 Å². The molecule has 1 aliphatic rings. The number of carbonyl (C=O) groups excluding carboxylic acids is 3. The zero-order valence-electron chi connectivity index (χ0n) is 12.7. The van der Waals surface area contributed by atoms with E-state index < -0.39 is 17.1 Å². The van der Waals surface area contributed by atoms with Gasteiger partial charge in [0.15, 0.2) is 0 Å². The van der Waals surface area contributed by atoms with E-state index in [1.54, 1.807) is 6.08 Å². The van der Waals surface area contributed by atoms with E-state index in [4.69, 9.17) is 0 Å². The van der Waals surface area contributed by atoms with E-state index in [0.717, 1.165) is 22.2 Å². The molecule has 0 spiro atoms. The molecule has 1 fully saturated rings. The molecular formula is C16H17NO4S. The Morgan fingerprint density at radius 1 is 1.27 bits per heavy atom. The van der Waals surface area contributed by atoms with Crippen molar-refractivity contribution in [2.24, 2.45) is 0 Å². The molecule has 1 saturated heterocycles. The molecule has 116 valence electrons. The summed E-state index contributed by atoms with van der Waals surface area (Å²) in [7, 11) is 1.22. The van der Waals surface area contributed by atoms with Crippen molar-refractivity contribution in [2.45, 2.75) is 19.8 Å². The lowest BCUT2D eigenvalue weighted by molar-refractivity contribution is -0.143. The van der Waals surface area contributed by atoms with Gasteiger partial charge in [-0.3, -0.25) is 19.3 Å². The highest BCUT2D eigenvalue weighted by Crippen LogP contribution is 2.32. The molecule has 22 heavy (non-hydrogen) atoms. The molecule has 1 aromatic rings. The zero-order valence-corrected chi connectivity index (χ0v) is 13.5. The molecule has 0 bridgehead atoms. The number of benzene rings is 1. The second kappa shape index (κ2) is 6.79. The molecule has 0 aromatic heterocycles. The van der Waals surface area contributed by atoms with E-state index in [-0.39, 0.29) is 6.54 Å². The number of methoxy groups -OCH3 is 1. The number of amides is 2. The number of hydrogen-bond donors (Lipinski definition) is 0. The Morgan fingerprint density at radius 2 is 1.91 bits per heavy atom. The van der Waals surface area contributed by atoms with E-state index in [0.29, 0.717) is 10.8 Å². The van der Waals surface area contributed by atoms with Gasteiger partial charge in [-0.2, -0.15) is 0 Å². The van der Waals surface area contributed by atoms with Gasteiger partial charge in [0.1, 0.15) is 6.54 Å². The third-order valence-electron chi connectivity index (χ3n) is 3.29. The van der Waals surface area contributed by atoms with Gasteiger partial charge < -0.3 is 4.74 Å². The number of rotatable bonds is 4. The molecule has 0 radical (unpaired) electrons. The highest BCUT2D eigenvalue weighted by atomic mass is 32.2. The Balaban J connectivity index is 2.17. The molecule has 0 atom stereocenters. The van der Waals surface area contributed by atoms with Crippen LogP contribution in [0.15, 0.2) is 29.2 Å². The van der Waals surface area contributed by atoms with Crippen molar-refractivity contribution >= 4 is 35.0 Å². The van der Waals surface area contributed by atoms with Crippen LogP contribution in [0.25, 0.3) is 6.08 Å². The summed E-state index contributed by atoms with van der Waals surface area (Å²) in [5.74, 6) is -0.653. The first-order valence-corrected chi connectivity index (χ1v) is 7.66. The summed E-state index contributed by atoms with van der Waals surface area (Å²) >= 11 is 0.830. The van der Waals surface area contributed by atoms with Crippen molar-refractivity contribution in [1.82, 2.24) is 4.90 Å². The van der Waals surface area contributed by atoms with E-state index in [1.807, 2.05) is 24.3 Å². The van der Waals surface area contributed by atoms with Gasteiger partial charge >= 0.3 is 5.97 Å². The van der Waals surface area contributed by atoms with Gasteiger partial charge in [-0.15, -0.1) is 0 Å². The summed E-state index contributed by atoms with van der Waals surface area (Å²) in [6.45, 7) is 3.85. The summed E-state index contributed by atoms with van der Waals surface area (Å²) in [4.78, 5) is 36.4. The number of carbonyl (C=O) groups is 3. The Kier molecular flexibility index (Phi) is 5.03. The smallest absolute Gasteiger partial charge is 0.325 e. The average Bonchev–Trinajstić information content (AvgIpc) is 2.75. The van der Waals surface area contributed by atoms with E-state index in [9.17, 15) is 14.4 Å². The topological polar surface area (TPSA) is 63.7 Å². The minimum Gasteiger partial charge on any atom is -0.468 e. The van der Waals surface area contributed by atoms with Crippen LogP contribution in [-0.4, -0.2) is 35.7 Å². The fourth-order valence-electron chi connectivity index (χ4n) is 1.96. The van der Waals surface area contributed by atoms with Crippen LogP contribution in [0.5, 0.6) is 0 Å². The lowest BCUT2D eigenvalue weighted by Gasteiger charge is -2.09. The average molecular weight is 319 g/mol. The maximum absolute atomic E-state index is 12.2. The number of thioether (sulfide) groups is 1. The second-order valence-corrected chi connectivity index (χ2v) is 6.16. The van der Waals surface area contributed by atoms with Crippen LogP contribution < -0.4 is 0 Å². The molecule has 1 aromatic carbocycles. The minimum absolute atomic E-state index is 0.311.